The van der Waals surface area contributed by atoms with Crippen molar-refractivity contribution in [2.24, 2.45) is 11.8 Å². The van der Waals surface area contributed by atoms with Crippen LogP contribution in [0.15, 0.2) is 104 Å². The minimum Gasteiger partial charge on any atom is -0.449 e. The summed E-state index contributed by atoms with van der Waals surface area (Å²) in [5.41, 5.74) is 5.80. The predicted octanol–water partition coefficient (Wildman–Crippen LogP) is 9.66. The first-order valence-electron chi connectivity index (χ1n) is 17.0. The number of carbonyl (C=O) groups is 2. The number of thioether (sulfide) groups is 1. The zero-order valence-corrected chi connectivity index (χ0v) is 30.8. The Morgan fingerprint density at radius 1 is 0.875 bits per heavy atom. The number of nitrogens with one attached hydrogen (secondary N) is 1. The van der Waals surface area contributed by atoms with Crippen LogP contribution in [0.3, 0.4) is 0 Å². The lowest BCUT2D eigenvalue weighted by molar-refractivity contribution is -0.117. The summed E-state index contributed by atoms with van der Waals surface area (Å²) in [5.74, 6) is 0.509. The average Bonchev–Trinajstić information content (AvgIpc) is 3.40. The van der Waals surface area contributed by atoms with Crippen molar-refractivity contribution in [2.75, 3.05) is 6.61 Å². The number of benzene rings is 3. The molecule has 6 nitrogen and oxygen atoms in total. The number of hydrogen-bond acceptors (Lipinski definition) is 6. The molecule has 0 fully saturated rings. The maximum Gasteiger partial charge on any atom is 0.407 e. The third kappa shape index (κ3) is 10.0. The third-order valence-corrected chi connectivity index (χ3v) is 11.3. The molecule has 0 spiro atoms. The largest absolute Gasteiger partial charge is 0.449 e. The van der Waals surface area contributed by atoms with E-state index in [1.165, 1.54) is 22.9 Å². The van der Waals surface area contributed by atoms with Crippen molar-refractivity contribution in [2.45, 2.75) is 83.0 Å². The molecule has 0 aliphatic heterocycles. The Hall–Kier alpha value is -3.43. The molecule has 48 heavy (non-hydrogen) atoms. The highest BCUT2D eigenvalue weighted by atomic mass is 32.2. The summed E-state index contributed by atoms with van der Waals surface area (Å²) in [7, 11) is -2.88. The Morgan fingerprint density at radius 2 is 1.44 bits per heavy atom. The van der Waals surface area contributed by atoms with Gasteiger partial charge in [0.25, 0.3) is 0 Å². The van der Waals surface area contributed by atoms with Gasteiger partial charge in [-0.05, 0) is 59.7 Å². The summed E-state index contributed by atoms with van der Waals surface area (Å²) in [6, 6.07) is 26.2. The lowest BCUT2D eigenvalue weighted by atomic mass is 9.98. The van der Waals surface area contributed by atoms with Gasteiger partial charge < -0.3 is 18.9 Å². The maximum absolute atomic E-state index is 13.4. The van der Waals surface area contributed by atoms with Gasteiger partial charge in [-0.25, -0.2) is 4.79 Å². The van der Waals surface area contributed by atoms with E-state index in [9.17, 15) is 9.59 Å². The predicted molar refractivity (Wildman–Crippen MR) is 200 cm³/mol. The highest BCUT2D eigenvalue weighted by Gasteiger charge is 2.38. The molecule has 0 unspecified atom stereocenters. The van der Waals surface area contributed by atoms with Gasteiger partial charge >= 0.3 is 14.7 Å². The van der Waals surface area contributed by atoms with Crippen LogP contribution in [-0.2, 0) is 24.1 Å². The topological polar surface area (TPSA) is 73.9 Å². The number of ether oxygens (including phenoxy) is 1. The van der Waals surface area contributed by atoms with Crippen molar-refractivity contribution in [1.29, 1.82) is 0 Å². The molecule has 0 saturated heterocycles. The fraction of sp³-hybridized carbons (Fsp3) is 0.400. The molecule has 1 aliphatic rings. The first kappa shape index (κ1) is 37.4. The molecule has 0 heterocycles. The standard InChI is InChI=1S/C40H51NO5SSi/c1-8-18-34(39(42)47-27-29-19-12-11-13-20-29)37(9-2)45-48(6,7)46-38(10-3)36(25-28(4)5)41-40(43)44-26-35-32-23-16-14-21-30(32)31-22-15-17-24-33(31)35/h9-17,19-24,28,34-38H,2-3,8,18,25-27H2,1,4-7H3,(H,41,43)/t34-,36+,37-,38+/m1/s1. The first-order chi connectivity index (χ1) is 23.1. The van der Waals surface area contributed by atoms with E-state index in [-0.39, 0.29) is 35.5 Å². The van der Waals surface area contributed by atoms with Gasteiger partial charge in [-0.2, -0.15) is 0 Å². The van der Waals surface area contributed by atoms with Gasteiger partial charge in [-0.1, -0.05) is 130 Å². The van der Waals surface area contributed by atoms with Crippen LogP contribution in [0.25, 0.3) is 11.1 Å². The molecule has 0 bridgehead atoms. The van der Waals surface area contributed by atoms with E-state index < -0.39 is 26.9 Å². The molecule has 256 valence electrons. The zero-order chi connectivity index (χ0) is 34.7. The highest BCUT2D eigenvalue weighted by molar-refractivity contribution is 8.13. The summed E-state index contributed by atoms with van der Waals surface area (Å²) in [4.78, 5) is 26.8. The monoisotopic (exact) mass is 685 g/mol. The Labute approximate surface area is 292 Å². The molecule has 3 aromatic rings. The fourth-order valence-electron chi connectivity index (χ4n) is 6.41. The van der Waals surface area contributed by atoms with Crippen molar-refractivity contribution < 1.29 is 23.2 Å². The molecule has 1 aliphatic carbocycles. The Morgan fingerprint density at radius 3 is 2.00 bits per heavy atom. The van der Waals surface area contributed by atoms with Crippen LogP contribution in [0, 0.1) is 11.8 Å². The smallest absolute Gasteiger partial charge is 0.407 e. The van der Waals surface area contributed by atoms with E-state index in [0.29, 0.717) is 18.6 Å². The van der Waals surface area contributed by atoms with E-state index in [4.69, 9.17) is 13.6 Å². The summed E-state index contributed by atoms with van der Waals surface area (Å²) < 4.78 is 19.2. The number of alkyl carbamates (subject to hydrolysis) is 1. The molecule has 3 aromatic carbocycles. The van der Waals surface area contributed by atoms with E-state index in [0.717, 1.165) is 23.1 Å². The minimum absolute atomic E-state index is 0.0293. The third-order valence-electron chi connectivity index (χ3n) is 8.60. The fourth-order valence-corrected chi connectivity index (χ4v) is 9.26. The van der Waals surface area contributed by atoms with Crippen molar-refractivity contribution in [3.8, 4) is 11.1 Å². The van der Waals surface area contributed by atoms with Crippen molar-refractivity contribution >= 4 is 31.5 Å². The van der Waals surface area contributed by atoms with Gasteiger partial charge in [0.05, 0.1) is 24.2 Å². The Balaban J connectivity index is 1.40. The van der Waals surface area contributed by atoms with Crippen LogP contribution < -0.4 is 5.32 Å². The molecule has 8 heteroatoms. The molecule has 4 rings (SSSR count). The summed E-state index contributed by atoms with van der Waals surface area (Å²) in [5, 5.41) is 3.17. The van der Waals surface area contributed by atoms with Crippen LogP contribution in [0.5, 0.6) is 0 Å². The molecule has 1 N–H and O–H groups in total. The van der Waals surface area contributed by atoms with Crippen LogP contribution in [0.2, 0.25) is 13.1 Å². The van der Waals surface area contributed by atoms with Crippen LogP contribution in [-0.4, -0.2) is 44.6 Å². The van der Waals surface area contributed by atoms with E-state index in [1.807, 2.05) is 67.7 Å². The number of amides is 1. The van der Waals surface area contributed by atoms with Crippen molar-refractivity contribution in [1.82, 2.24) is 5.32 Å². The van der Waals surface area contributed by atoms with E-state index in [1.54, 1.807) is 12.2 Å². The van der Waals surface area contributed by atoms with Gasteiger partial charge in [0.1, 0.15) is 6.61 Å². The lowest BCUT2D eigenvalue weighted by Gasteiger charge is -2.36. The van der Waals surface area contributed by atoms with E-state index >= 15 is 0 Å². The number of carbonyl (C=O) groups excluding carboxylic acids is 2. The zero-order valence-electron chi connectivity index (χ0n) is 29.0. The van der Waals surface area contributed by atoms with Gasteiger partial charge in [0.15, 0.2) is 5.12 Å². The summed E-state index contributed by atoms with van der Waals surface area (Å²) in [6.45, 7) is 18.5. The van der Waals surface area contributed by atoms with Crippen LogP contribution >= 0.6 is 11.8 Å². The Kier molecular flexibility index (Phi) is 13.9. The van der Waals surface area contributed by atoms with Gasteiger partial charge in [-0.15, -0.1) is 13.2 Å². The molecule has 4 atom stereocenters. The van der Waals surface area contributed by atoms with E-state index in [2.05, 4.69) is 63.5 Å². The summed E-state index contributed by atoms with van der Waals surface area (Å²) >= 11 is 1.32. The molecular weight excluding hydrogens is 635 g/mol. The molecule has 1 amide bonds. The Bertz CT molecular complexity index is 1480. The quantitative estimate of drug-likeness (QED) is 0.106. The average molecular weight is 686 g/mol. The van der Waals surface area contributed by atoms with Crippen LogP contribution in [0.1, 0.15) is 62.6 Å². The molecule has 0 saturated carbocycles. The minimum atomic E-state index is -2.88. The summed E-state index contributed by atoms with van der Waals surface area (Å²) in [6.07, 6.45) is 4.13. The molecule has 0 aromatic heterocycles. The highest BCUT2D eigenvalue weighted by Crippen LogP contribution is 2.44. The molecular formula is C40H51NO5SSi. The first-order valence-corrected chi connectivity index (χ1v) is 20.8. The number of rotatable bonds is 18. The van der Waals surface area contributed by atoms with Gasteiger partial charge in [0.2, 0.25) is 0 Å². The van der Waals surface area contributed by atoms with Gasteiger partial charge in [0, 0.05) is 11.7 Å². The van der Waals surface area contributed by atoms with Crippen molar-refractivity contribution in [3.05, 3.63) is 121 Å². The second-order valence-corrected chi connectivity index (χ2v) is 17.5. The van der Waals surface area contributed by atoms with Crippen LogP contribution in [0.4, 0.5) is 4.79 Å². The second kappa shape index (κ2) is 17.8. The number of fused-ring (bicyclic) bond motifs is 3. The SMILES string of the molecule is C=C[C@H](O[Si](C)(C)O[C@H](C=C)[C@@H](CCC)C(=O)SCc1ccccc1)[C@H](CC(C)C)NC(=O)OCC1c2ccccc2-c2ccccc21. The number of hydrogen-bond donors (Lipinski definition) is 1. The maximum atomic E-state index is 13.4. The normalized spacial score (nSPS) is 15.1. The molecule has 0 radical (unpaired) electrons. The van der Waals surface area contributed by atoms with Crippen molar-refractivity contribution in [3.63, 3.8) is 0 Å². The van der Waals surface area contributed by atoms with Gasteiger partial charge in [-0.3, -0.25) is 4.79 Å². The lowest BCUT2D eigenvalue weighted by Crippen LogP contribution is -2.51. The second-order valence-electron chi connectivity index (χ2n) is 13.2.